The van der Waals surface area contributed by atoms with Crippen LogP contribution < -0.4 is 20.1 Å². The summed E-state index contributed by atoms with van der Waals surface area (Å²) >= 11 is 0. The van der Waals surface area contributed by atoms with Crippen molar-refractivity contribution in [1.82, 2.24) is 0 Å². The molecule has 0 spiro atoms. The number of aryl methyl sites for hydroxylation is 1. The molecule has 0 aliphatic rings. The second-order valence-corrected chi connectivity index (χ2v) is 6.82. The standard InChI is InChI=1S/C25H28N2O3/c1-2-29-23-14-10-21(11-15-23)26-19-25(28)27-22-12-16-24(17-13-22)30-18-6-9-20-7-4-3-5-8-20/h3-5,7-8,10-17,26H,2,6,9,18-19H2,1H3,(H,27,28). The van der Waals surface area contributed by atoms with Crippen molar-refractivity contribution in [3.05, 3.63) is 84.4 Å². The summed E-state index contributed by atoms with van der Waals surface area (Å²) in [5, 5.41) is 5.98. The highest BCUT2D eigenvalue weighted by atomic mass is 16.5. The van der Waals surface area contributed by atoms with Gasteiger partial charge >= 0.3 is 0 Å². The Morgan fingerprint density at radius 3 is 2.10 bits per heavy atom. The second-order valence-electron chi connectivity index (χ2n) is 6.82. The van der Waals surface area contributed by atoms with Crippen LogP contribution in [0.3, 0.4) is 0 Å². The van der Waals surface area contributed by atoms with Crippen molar-refractivity contribution >= 4 is 17.3 Å². The quantitative estimate of drug-likeness (QED) is 0.434. The Morgan fingerprint density at radius 2 is 1.43 bits per heavy atom. The maximum absolute atomic E-state index is 12.2. The van der Waals surface area contributed by atoms with E-state index in [1.807, 2.05) is 61.5 Å². The van der Waals surface area contributed by atoms with Crippen molar-refractivity contribution in [2.45, 2.75) is 19.8 Å². The van der Waals surface area contributed by atoms with Gasteiger partial charge in [-0.25, -0.2) is 0 Å². The number of ether oxygens (including phenoxy) is 2. The molecule has 2 N–H and O–H groups in total. The maximum atomic E-state index is 12.2. The van der Waals surface area contributed by atoms with E-state index in [0.29, 0.717) is 13.2 Å². The zero-order chi connectivity index (χ0) is 21.0. The molecule has 1 amide bonds. The number of carbonyl (C=O) groups excluding carboxylic acids is 1. The topological polar surface area (TPSA) is 59.6 Å². The molecule has 5 heteroatoms. The molecular weight excluding hydrogens is 376 g/mol. The first-order chi connectivity index (χ1) is 14.7. The van der Waals surface area contributed by atoms with Crippen molar-refractivity contribution in [2.75, 3.05) is 30.4 Å². The summed E-state index contributed by atoms with van der Waals surface area (Å²) in [5.41, 5.74) is 2.93. The molecule has 0 aromatic heterocycles. The van der Waals surface area contributed by atoms with Crippen molar-refractivity contribution in [3.63, 3.8) is 0 Å². The smallest absolute Gasteiger partial charge is 0.243 e. The highest BCUT2D eigenvalue weighted by molar-refractivity contribution is 5.93. The van der Waals surface area contributed by atoms with Crippen molar-refractivity contribution in [1.29, 1.82) is 0 Å². The van der Waals surface area contributed by atoms with Crippen LogP contribution in [-0.4, -0.2) is 25.7 Å². The van der Waals surface area contributed by atoms with E-state index in [1.165, 1.54) is 5.56 Å². The summed E-state index contributed by atoms with van der Waals surface area (Å²) in [6.07, 6.45) is 1.95. The van der Waals surface area contributed by atoms with Crippen LogP contribution in [0.2, 0.25) is 0 Å². The molecule has 30 heavy (non-hydrogen) atoms. The van der Waals surface area contributed by atoms with Gasteiger partial charge in [0.25, 0.3) is 0 Å². The lowest BCUT2D eigenvalue weighted by molar-refractivity contribution is -0.114. The first-order valence-corrected chi connectivity index (χ1v) is 10.3. The van der Waals surface area contributed by atoms with E-state index >= 15 is 0 Å². The number of hydrogen-bond donors (Lipinski definition) is 2. The van der Waals surface area contributed by atoms with E-state index in [-0.39, 0.29) is 12.5 Å². The highest BCUT2D eigenvalue weighted by Gasteiger charge is 2.03. The Kier molecular flexibility index (Phi) is 8.15. The summed E-state index contributed by atoms with van der Waals surface area (Å²) in [6.45, 7) is 3.42. The van der Waals surface area contributed by atoms with Gasteiger partial charge in [-0.2, -0.15) is 0 Å². The molecule has 0 fully saturated rings. The lowest BCUT2D eigenvalue weighted by atomic mass is 10.1. The Bertz CT molecular complexity index is 894. The zero-order valence-electron chi connectivity index (χ0n) is 17.3. The van der Waals surface area contributed by atoms with Crippen LogP contribution in [0.25, 0.3) is 0 Å². The molecule has 0 aliphatic heterocycles. The molecule has 0 aliphatic carbocycles. The lowest BCUT2D eigenvalue weighted by Crippen LogP contribution is -2.21. The molecule has 0 saturated heterocycles. The summed E-state index contributed by atoms with van der Waals surface area (Å²) in [4.78, 5) is 12.2. The van der Waals surface area contributed by atoms with Gasteiger partial charge in [-0.1, -0.05) is 30.3 Å². The van der Waals surface area contributed by atoms with Crippen LogP contribution in [0.1, 0.15) is 18.9 Å². The predicted molar refractivity (Wildman–Crippen MR) is 121 cm³/mol. The number of anilines is 2. The molecule has 0 radical (unpaired) electrons. The van der Waals surface area contributed by atoms with Crippen LogP contribution >= 0.6 is 0 Å². The molecule has 156 valence electrons. The first-order valence-electron chi connectivity index (χ1n) is 10.3. The second kappa shape index (κ2) is 11.5. The Hall–Kier alpha value is -3.47. The molecule has 0 saturated carbocycles. The van der Waals surface area contributed by atoms with Crippen LogP contribution in [0.5, 0.6) is 11.5 Å². The molecule has 0 unspecified atom stereocenters. The van der Waals surface area contributed by atoms with Gasteiger partial charge in [0, 0.05) is 11.4 Å². The number of nitrogens with one attached hydrogen (secondary N) is 2. The molecule has 3 aromatic rings. The van der Waals surface area contributed by atoms with Crippen LogP contribution in [0.15, 0.2) is 78.9 Å². The molecule has 3 aromatic carbocycles. The zero-order valence-corrected chi connectivity index (χ0v) is 17.3. The number of rotatable bonds is 11. The summed E-state index contributed by atoms with van der Waals surface area (Å²) < 4.78 is 11.2. The predicted octanol–water partition coefficient (Wildman–Crippen LogP) is 5.15. The van der Waals surface area contributed by atoms with E-state index < -0.39 is 0 Å². The highest BCUT2D eigenvalue weighted by Crippen LogP contribution is 2.17. The number of hydrogen-bond acceptors (Lipinski definition) is 4. The average Bonchev–Trinajstić information content (AvgIpc) is 2.78. The van der Waals surface area contributed by atoms with Gasteiger partial charge in [-0.3, -0.25) is 4.79 Å². The molecule has 0 heterocycles. The number of benzene rings is 3. The van der Waals surface area contributed by atoms with Crippen LogP contribution in [0.4, 0.5) is 11.4 Å². The summed E-state index contributed by atoms with van der Waals surface area (Å²) in [5.74, 6) is 1.50. The third-order valence-electron chi connectivity index (χ3n) is 4.48. The normalized spacial score (nSPS) is 10.3. The number of amides is 1. The average molecular weight is 405 g/mol. The van der Waals surface area contributed by atoms with E-state index in [9.17, 15) is 4.79 Å². The molecule has 0 atom stereocenters. The largest absolute Gasteiger partial charge is 0.494 e. The van der Waals surface area contributed by atoms with E-state index in [1.54, 1.807) is 0 Å². The Morgan fingerprint density at radius 1 is 0.800 bits per heavy atom. The van der Waals surface area contributed by atoms with Crippen LogP contribution in [0, 0.1) is 0 Å². The minimum atomic E-state index is -0.111. The molecular formula is C25H28N2O3. The molecule has 5 nitrogen and oxygen atoms in total. The van der Waals surface area contributed by atoms with Gasteiger partial charge in [-0.15, -0.1) is 0 Å². The minimum Gasteiger partial charge on any atom is -0.494 e. The van der Waals surface area contributed by atoms with Gasteiger partial charge in [-0.05, 0) is 73.9 Å². The van der Waals surface area contributed by atoms with E-state index in [2.05, 4.69) is 34.9 Å². The number of carbonyl (C=O) groups is 1. The SMILES string of the molecule is CCOc1ccc(NCC(=O)Nc2ccc(OCCCc3ccccc3)cc2)cc1. The molecule has 0 bridgehead atoms. The van der Waals surface area contributed by atoms with E-state index in [0.717, 1.165) is 35.7 Å². The van der Waals surface area contributed by atoms with Crippen LogP contribution in [-0.2, 0) is 11.2 Å². The third-order valence-corrected chi connectivity index (χ3v) is 4.48. The van der Waals surface area contributed by atoms with E-state index in [4.69, 9.17) is 9.47 Å². The lowest BCUT2D eigenvalue weighted by Gasteiger charge is -2.10. The first kappa shape index (κ1) is 21.2. The summed E-state index contributed by atoms with van der Waals surface area (Å²) in [6, 6.07) is 25.4. The fourth-order valence-corrected chi connectivity index (χ4v) is 2.97. The monoisotopic (exact) mass is 404 g/mol. The third kappa shape index (κ3) is 7.17. The fourth-order valence-electron chi connectivity index (χ4n) is 2.97. The summed E-state index contributed by atoms with van der Waals surface area (Å²) in [7, 11) is 0. The minimum absolute atomic E-state index is 0.111. The van der Waals surface area contributed by atoms with Gasteiger partial charge < -0.3 is 20.1 Å². The van der Waals surface area contributed by atoms with Gasteiger partial charge in [0.05, 0.1) is 19.8 Å². The Labute approximate surface area is 178 Å². The van der Waals surface area contributed by atoms with Gasteiger partial charge in [0.2, 0.25) is 5.91 Å². The molecule has 3 rings (SSSR count). The van der Waals surface area contributed by atoms with Crippen molar-refractivity contribution < 1.29 is 14.3 Å². The van der Waals surface area contributed by atoms with Gasteiger partial charge in [0.15, 0.2) is 0 Å². The maximum Gasteiger partial charge on any atom is 0.243 e. The van der Waals surface area contributed by atoms with Gasteiger partial charge in [0.1, 0.15) is 11.5 Å². The van der Waals surface area contributed by atoms with Crippen molar-refractivity contribution in [3.8, 4) is 11.5 Å². The van der Waals surface area contributed by atoms with Crippen molar-refractivity contribution in [2.24, 2.45) is 0 Å². The fraction of sp³-hybridized carbons (Fsp3) is 0.240. The Balaban J connectivity index is 1.36.